The van der Waals surface area contributed by atoms with Gasteiger partial charge in [-0.05, 0) is 26.3 Å². The van der Waals surface area contributed by atoms with Crippen molar-refractivity contribution >= 4 is 11.0 Å². The third kappa shape index (κ3) is 3.48. The predicted molar refractivity (Wildman–Crippen MR) is 69.0 cm³/mol. The first-order chi connectivity index (χ1) is 7.45. The number of rotatable bonds is 3. The summed E-state index contributed by atoms with van der Waals surface area (Å²) in [6.07, 6.45) is 5.45. The molecule has 0 aliphatic carbocycles. The predicted octanol–water partition coefficient (Wildman–Crippen LogP) is 2.41. The van der Waals surface area contributed by atoms with Crippen LogP contribution in [0.1, 0.15) is 32.4 Å². The summed E-state index contributed by atoms with van der Waals surface area (Å²) < 4.78 is 14.6. The molecule has 0 aromatic heterocycles. The lowest BCUT2D eigenvalue weighted by atomic mass is 10.1. The fraction of sp³-hybridized carbons (Fsp3) is 0.385. The molecule has 2 atom stereocenters. The quantitative estimate of drug-likeness (QED) is 0.801. The van der Waals surface area contributed by atoms with Gasteiger partial charge in [0.25, 0.3) is 0 Å². The molecule has 0 unspecified atom stereocenters. The van der Waals surface area contributed by atoms with Crippen molar-refractivity contribution < 1.29 is 4.21 Å². The Hall–Kier alpha value is -1.11. The summed E-state index contributed by atoms with van der Waals surface area (Å²) in [5, 5.41) is 0. The smallest absolute Gasteiger partial charge is 0.105 e. The van der Waals surface area contributed by atoms with Gasteiger partial charge in [0.05, 0.1) is 15.7 Å². The van der Waals surface area contributed by atoms with Crippen molar-refractivity contribution in [1.29, 1.82) is 0 Å². The van der Waals surface area contributed by atoms with Crippen molar-refractivity contribution in [2.24, 2.45) is 0 Å². The zero-order chi connectivity index (χ0) is 12.2. The molecule has 86 valence electrons. The lowest BCUT2D eigenvalue weighted by Gasteiger charge is -2.21. The van der Waals surface area contributed by atoms with Crippen molar-refractivity contribution in [3.63, 3.8) is 0 Å². The van der Waals surface area contributed by atoms with Crippen LogP contribution in [-0.4, -0.2) is 8.96 Å². The molecule has 0 saturated heterocycles. The van der Waals surface area contributed by atoms with Crippen LogP contribution in [0.15, 0.2) is 30.3 Å². The molecule has 1 aromatic rings. The normalized spacial score (nSPS) is 15.1. The van der Waals surface area contributed by atoms with Crippen molar-refractivity contribution in [1.82, 2.24) is 4.72 Å². The molecular formula is C13H17NOS. The highest BCUT2D eigenvalue weighted by molar-refractivity contribution is 7.84. The maximum atomic E-state index is 11.9. The largest absolute Gasteiger partial charge is 0.242 e. The third-order valence-corrected chi connectivity index (χ3v) is 3.64. The summed E-state index contributed by atoms with van der Waals surface area (Å²) >= 11 is 0. The molecule has 0 amide bonds. The third-order valence-electron chi connectivity index (χ3n) is 2.08. The van der Waals surface area contributed by atoms with E-state index in [0.717, 1.165) is 5.56 Å². The van der Waals surface area contributed by atoms with Crippen LogP contribution in [0.5, 0.6) is 0 Å². The highest BCUT2D eigenvalue weighted by atomic mass is 32.2. The summed E-state index contributed by atoms with van der Waals surface area (Å²) in [5.74, 6) is 2.62. The van der Waals surface area contributed by atoms with Crippen LogP contribution >= 0.6 is 0 Å². The number of benzene rings is 1. The zero-order valence-corrected chi connectivity index (χ0v) is 10.7. The standard InChI is InChI=1S/C13H17NOS/c1-5-12(11-9-7-6-8-10-11)14-16(15)13(2,3)4/h1,6-10,12,14H,2-4H3/t12-,16+/m0/s1. The zero-order valence-electron chi connectivity index (χ0n) is 9.86. The van der Waals surface area contributed by atoms with Gasteiger partial charge in [-0.1, -0.05) is 36.3 Å². The van der Waals surface area contributed by atoms with Crippen LogP contribution in [0, 0.1) is 12.3 Å². The first-order valence-corrected chi connectivity index (χ1v) is 6.29. The topological polar surface area (TPSA) is 29.1 Å². The van der Waals surface area contributed by atoms with E-state index in [1.807, 2.05) is 51.1 Å². The second-order valence-corrected chi connectivity index (χ2v) is 6.51. The van der Waals surface area contributed by atoms with Gasteiger partial charge in [0.15, 0.2) is 0 Å². The average molecular weight is 235 g/mol. The van der Waals surface area contributed by atoms with E-state index in [1.54, 1.807) is 0 Å². The molecule has 1 N–H and O–H groups in total. The SMILES string of the molecule is C#C[C@H](N[S@](=O)C(C)(C)C)c1ccccc1. The van der Waals surface area contributed by atoms with Crippen molar-refractivity contribution in [3.8, 4) is 12.3 Å². The Labute approximate surface area is 100 Å². The Balaban J connectivity index is 2.80. The number of nitrogens with one attached hydrogen (secondary N) is 1. The van der Waals surface area contributed by atoms with Gasteiger partial charge in [0.1, 0.15) is 6.04 Å². The second-order valence-electron chi connectivity index (χ2n) is 4.51. The molecule has 16 heavy (non-hydrogen) atoms. The van der Waals surface area contributed by atoms with Gasteiger partial charge in [0, 0.05) is 0 Å². The Morgan fingerprint density at radius 2 is 1.88 bits per heavy atom. The van der Waals surface area contributed by atoms with E-state index in [1.165, 1.54) is 0 Å². The van der Waals surface area contributed by atoms with Gasteiger partial charge in [0.2, 0.25) is 0 Å². The molecule has 2 nitrogen and oxygen atoms in total. The molecule has 3 heteroatoms. The number of hydrogen-bond acceptors (Lipinski definition) is 1. The number of hydrogen-bond donors (Lipinski definition) is 1. The van der Waals surface area contributed by atoms with E-state index in [2.05, 4.69) is 10.6 Å². The Kier molecular flexibility index (Phi) is 4.28. The monoisotopic (exact) mass is 235 g/mol. The lowest BCUT2D eigenvalue weighted by molar-refractivity contribution is 0.629. The number of terminal acetylenes is 1. The van der Waals surface area contributed by atoms with E-state index in [9.17, 15) is 4.21 Å². The van der Waals surface area contributed by atoms with E-state index in [4.69, 9.17) is 6.42 Å². The average Bonchev–Trinajstić information content (AvgIpc) is 2.25. The van der Waals surface area contributed by atoms with Crippen LogP contribution in [0.4, 0.5) is 0 Å². The first kappa shape index (κ1) is 13.0. The molecule has 0 bridgehead atoms. The summed E-state index contributed by atoms with van der Waals surface area (Å²) in [7, 11) is -1.16. The van der Waals surface area contributed by atoms with Gasteiger partial charge in [-0.2, -0.15) is 0 Å². The lowest BCUT2D eigenvalue weighted by Crippen LogP contribution is -2.35. The summed E-state index contributed by atoms with van der Waals surface area (Å²) in [6.45, 7) is 5.73. The fourth-order valence-electron chi connectivity index (χ4n) is 1.13. The fourth-order valence-corrected chi connectivity index (χ4v) is 1.90. The van der Waals surface area contributed by atoms with Crippen LogP contribution < -0.4 is 4.72 Å². The molecule has 0 spiro atoms. The minimum absolute atomic E-state index is 0.304. The Morgan fingerprint density at radius 3 is 2.31 bits per heavy atom. The Morgan fingerprint density at radius 1 is 1.31 bits per heavy atom. The van der Waals surface area contributed by atoms with Gasteiger partial charge >= 0.3 is 0 Å². The molecule has 0 fully saturated rings. The maximum Gasteiger partial charge on any atom is 0.105 e. The molecule has 0 radical (unpaired) electrons. The molecule has 0 heterocycles. The molecule has 0 saturated carbocycles. The Bertz CT molecular complexity index is 400. The maximum absolute atomic E-state index is 11.9. The van der Waals surface area contributed by atoms with Crippen molar-refractivity contribution in [2.45, 2.75) is 31.6 Å². The minimum atomic E-state index is -1.16. The van der Waals surface area contributed by atoms with Crippen molar-refractivity contribution in [2.75, 3.05) is 0 Å². The van der Waals surface area contributed by atoms with E-state index >= 15 is 0 Å². The summed E-state index contributed by atoms with van der Waals surface area (Å²) in [4.78, 5) is 0. The van der Waals surface area contributed by atoms with E-state index in [-0.39, 0.29) is 10.8 Å². The molecule has 0 aliphatic heterocycles. The van der Waals surface area contributed by atoms with Gasteiger partial charge in [-0.15, -0.1) is 6.42 Å². The van der Waals surface area contributed by atoms with Gasteiger partial charge in [-0.3, -0.25) is 0 Å². The molecule has 1 aromatic carbocycles. The van der Waals surface area contributed by atoms with Crippen LogP contribution in [-0.2, 0) is 11.0 Å². The second kappa shape index (κ2) is 5.29. The highest BCUT2D eigenvalue weighted by Gasteiger charge is 2.22. The van der Waals surface area contributed by atoms with E-state index < -0.39 is 11.0 Å². The van der Waals surface area contributed by atoms with Crippen LogP contribution in [0.2, 0.25) is 0 Å². The molecule has 1 rings (SSSR count). The van der Waals surface area contributed by atoms with Gasteiger partial charge in [-0.25, -0.2) is 8.93 Å². The van der Waals surface area contributed by atoms with E-state index in [0.29, 0.717) is 0 Å². The van der Waals surface area contributed by atoms with Crippen LogP contribution in [0.25, 0.3) is 0 Å². The van der Waals surface area contributed by atoms with Gasteiger partial charge < -0.3 is 0 Å². The molecular weight excluding hydrogens is 218 g/mol. The minimum Gasteiger partial charge on any atom is -0.242 e. The first-order valence-electron chi connectivity index (χ1n) is 5.14. The molecule has 0 aliphatic rings. The highest BCUT2D eigenvalue weighted by Crippen LogP contribution is 2.16. The van der Waals surface area contributed by atoms with Crippen LogP contribution in [0.3, 0.4) is 0 Å². The summed E-state index contributed by atoms with van der Waals surface area (Å²) in [5.41, 5.74) is 0.961. The van der Waals surface area contributed by atoms with Crippen molar-refractivity contribution in [3.05, 3.63) is 35.9 Å². The summed E-state index contributed by atoms with van der Waals surface area (Å²) in [6, 6.07) is 9.32.